The lowest BCUT2D eigenvalue weighted by Gasteiger charge is -2.25. The van der Waals surface area contributed by atoms with Crippen LogP contribution in [0.15, 0.2) is 63.5 Å². The molecular formula is C27H25N3O5S. The first kappa shape index (κ1) is 23.7. The van der Waals surface area contributed by atoms with Crippen molar-refractivity contribution in [3.05, 3.63) is 90.1 Å². The van der Waals surface area contributed by atoms with E-state index in [1.165, 1.54) is 4.57 Å². The summed E-state index contributed by atoms with van der Waals surface area (Å²) in [6, 6.07) is 12.0. The summed E-state index contributed by atoms with van der Waals surface area (Å²) in [6.07, 6.45) is -0.350. The molecule has 2 aliphatic heterocycles. The van der Waals surface area contributed by atoms with E-state index in [9.17, 15) is 14.4 Å². The second kappa shape index (κ2) is 8.91. The van der Waals surface area contributed by atoms with E-state index < -0.39 is 17.6 Å². The first-order chi connectivity index (χ1) is 17.2. The molecule has 2 aromatic carbocycles. The summed E-state index contributed by atoms with van der Waals surface area (Å²) in [5, 5.41) is 2.85. The highest BCUT2D eigenvalue weighted by Gasteiger charge is 2.35. The lowest BCUT2D eigenvalue weighted by Crippen LogP contribution is -2.40. The molecular weight excluding hydrogens is 478 g/mol. The average molecular weight is 504 g/mol. The van der Waals surface area contributed by atoms with Gasteiger partial charge >= 0.3 is 5.97 Å². The fraction of sp³-hybridized carbons (Fsp3) is 0.259. The number of hydrogen-bond donors (Lipinski definition) is 1. The number of fused-ring (bicyclic) bond motifs is 2. The summed E-state index contributed by atoms with van der Waals surface area (Å²) in [6.45, 7) is 7.19. The van der Waals surface area contributed by atoms with E-state index in [4.69, 9.17) is 9.47 Å². The van der Waals surface area contributed by atoms with Gasteiger partial charge in [-0.2, -0.15) is 0 Å². The van der Waals surface area contributed by atoms with Crippen molar-refractivity contribution in [2.75, 3.05) is 12.4 Å². The Morgan fingerprint density at radius 1 is 1.14 bits per heavy atom. The van der Waals surface area contributed by atoms with Crippen molar-refractivity contribution in [3.63, 3.8) is 0 Å². The van der Waals surface area contributed by atoms with Crippen molar-refractivity contribution < 1.29 is 19.1 Å². The molecule has 1 N–H and O–H groups in total. The Labute approximate surface area is 211 Å². The number of anilines is 1. The molecule has 0 spiro atoms. The molecule has 0 unspecified atom stereocenters. The van der Waals surface area contributed by atoms with Gasteiger partial charge in [0.05, 0.1) is 36.1 Å². The van der Waals surface area contributed by atoms with E-state index in [1.54, 1.807) is 46.1 Å². The number of nitrogens with zero attached hydrogens (tertiary/aromatic N) is 2. The standard InChI is InChI=1S/C27H25N3O5S/c1-13(2)35-26(33)20-15(4)28-27-30(22(20)16-7-6-8-17(12-16)34-5)25(32)23(36-27)21-18-11-14(3)9-10-19(18)29-24(21)31/h6-13,22H,1-5H3,(H,29,31)/b23-21+/t22-/m0/s1. The van der Waals surface area contributed by atoms with Gasteiger partial charge in [0, 0.05) is 11.3 Å². The van der Waals surface area contributed by atoms with Crippen molar-refractivity contribution in [2.45, 2.75) is 39.8 Å². The number of esters is 1. The molecule has 0 radical (unpaired) electrons. The minimum Gasteiger partial charge on any atom is -0.497 e. The van der Waals surface area contributed by atoms with Crippen LogP contribution in [0.2, 0.25) is 0 Å². The van der Waals surface area contributed by atoms with Crippen molar-refractivity contribution in [1.82, 2.24) is 4.57 Å². The van der Waals surface area contributed by atoms with Crippen LogP contribution in [0.4, 0.5) is 5.69 Å². The zero-order valence-corrected chi connectivity index (χ0v) is 21.4. The fourth-order valence-corrected chi connectivity index (χ4v) is 5.69. The van der Waals surface area contributed by atoms with Gasteiger partial charge in [0.25, 0.3) is 11.5 Å². The van der Waals surface area contributed by atoms with E-state index in [0.717, 1.165) is 16.9 Å². The topological polar surface area (TPSA) is 99.0 Å². The van der Waals surface area contributed by atoms with Crippen molar-refractivity contribution in [1.29, 1.82) is 0 Å². The Kier molecular flexibility index (Phi) is 5.88. The van der Waals surface area contributed by atoms with Gasteiger partial charge in [-0.25, -0.2) is 9.79 Å². The van der Waals surface area contributed by atoms with Gasteiger partial charge in [-0.1, -0.05) is 35.1 Å². The molecule has 1 amide bonds. The Hall–Kier alpha value is -3.98. The summed E-state index contributed by atoms with van der Waals surface area (Å²) in [5.41, 5.74) is 3.63. The van der Waals surface area contributed by atoms with E-state index in [-0.39, 0.29) is 22.1 Å². The van der Waals surface area contributed by atoms with Crippen LogP contribution in [0.25, 0.3) is 5.57 Å². The van der Waals surface area contributed by atoms with E-state index in [1.807, 2.05) is 31.2 Å². The van der Waals surface area contributed by atoms with Crippen LogP contribution in [0.5, 0.6) is 5.75 Å². The highest BCUT2D eigenvalue weighted by atomic mass is 32.1. The van der Waals surface area contributed by atoms with Crippen molar-refractivity contribution in [2.24, 2.45) is 4.99 Å². The number of carbonyl (C=O) groups excluding carboxylic acids is 2. The van der Waals surface area contributed by atoms with Gasteiger partial charge in [-0.05, 0) is 57.5 Å². The molecule has 1 aromatic heterocycles. The van der Waals surface area contributed by atoms with Crippen LogP contribution in [-0.4, -0.2) is 29.7 Å². The largest absolute Gasteiger partial charge is 0.497 e. The highest BCUT2D eigenvalue weighted by molar-refractivity contribution is 7.07. The molecule has 0 saturated carbocycles. The molecule has 1 atom stereocenters. The molecule has 184 valence electrons. The predicted octanol–water partition coefficient (Wildman–Crippen LogP) is 2.83. The summed E-state index contributed by atoms with van der Waals surface area (Å²) >= 11 is 1.14. The Balaban J connectivity index is 1.82. The van der Waals surface area contributed by atoms with Crippen LogP contribution < -0.4 is 24.9 Å². The van der Waals surface area contributed by atoms with Crippen LogP contribution in [0.1, 0.15) is 43.5 Å². The monoisotopic (exact) mass is 503 g/mol. The summed E-state index contributed by atoms with van der Waals surface area (Å²) in [5.74, 6) is -0.297. The number of aromatic nitrogens is 1. The summed E-state index contributed by atoms with van der Waals surface area (Å²) < 4.78 is 12.7. The maximum atomic E-state index is 14.0. The van der Waals surface area contributed by atoms with Crippen molar-refractivity contribution >= 4 is 34.5 Å². The molecule has 0 bridgehead atoms. The normalized spacial score (nSPS) is 17.9. The number of rotatable bonds is 4. The summed E-state index contributed by atoms with van der Waals surface area (Å²) in [4.78, 5) is 45.2. The smallest absolute Gasteiger partial charge is 0.338 e. The molecule has 0 aliphatic carbocycles. The average Bonchev–Trinajstić information content (AvgIpc) is 3.32. The third kappa shape index (κ3) is 3.85. The van der Waals surface area contributed by atoms with Gasteiger partial charge in [0.2, 0.25) is 0 Å². The zero-order valence-electron chi connectivity index (χ0n) is 20.5. The molecule has 36 heavy (non-hydrogen) atoms. The van der Waals surface area contributed by atoms with Crippen LogP contribution in [0, 0.1) is 6.92 Å². The lowest BCUT2D eigenvalue weighted by molar-refractivity contribution is -0.143. The number of nitrogens with one attached hydrogen (secondary N) is 1. The maximum absolute atomic E-state index is 14.0. The number of ether oxygens (including phenoxy) is 2. The molecule has 0 fully saturated rings. The molecule has 3 aromatic rings. The fourth-order valence-electron chi connectivity index (χ4n) is 4.54. The molecule has 9 heteroatoms. The molecule has 0 saturated heterocycles. The minimum atomic E-state index is -0.793. The lowest BCUT2D eigenvalue weighted by atomic mass is 9.95. The quantitative estimate of drug-likeness (QED) is 0.552. The third-order valence-corrected chi connectivity index (χ3v) is 7.17. The first-order valence-corrected chi connectivity index (χ1v) is 12.3. The van der Waals surface area contributed by atoms with Gasteiger partial charge in [-0.3, -0.25) is 14.2 Å². The molecule has 8 nitrogen and oxygen atoms in total. The van der Waals surface area contributed by atoms with Crippen LogP contribution in [-0.2, 0) is 14.3 Å². The zero-order chi connectivity index (χ0) is 25.7. The Morgan fingerprint density at radius 3 is 2.64 bits per heavy atom. The Bertz CT molecular complexity index is 1640. The van der Waals surface area contributed by atoms with E-state index >= 15 is 0 Å². The number of allylic oxidation sites excluding steroid dienone is 1. The van der Waals surface area contributed by atoms with Crippen LogP contribution >= 0.6 is 11.3 Å². The van der Waals surface area contributed by atoms with Crippen molar-refractivity contribution in [3.8, 4) is 5.75 Å². The number of aryl methyl sites for hydroxylation is 1. The SMILES string of the molecule is COc1cccc([C@H]2C(C(=O)OC(C)C)=C(C)N=c3s/c(=C4/C(=O)Nc5ccc(C)cc54)c(=O)n32)c1. The minimum absolute atomic E-state index is 0.271. The molecule has 3 heterocycles. The number of thiazole rings is 1. The maximum Gasteiger partial charge on any atom is 0.338 e. The van der Waals surface area contributed by atoms with Gasteiger partial charge in [0.15, 0.2) is 4.80 Å². The van der Waals surface area contributed by atoms with E-state index in [2.05, 4.69) is 10.3 Å². The second-order valence-corrected chi connectivity index (χ2v) is 9.99. The number of benzene rings is 2. The number of hydrogen-bond acceptors (Lipinski definition) is 7. The number of methoxy groups -OCH3 is 1. The highest BCUT2D eigenvalue weighted by Crippen LogP contribution is 2.34. The van der Waals surface area contributed by atoms with Gasteiger partial charge < -0.3 is 14.8 Å². The summed E-state index contributed by atoms with van der Waals surface area (Å²) in [7, 11) is 1.55. The van der Waals surface area contributed by atoms with Gasteiger partial charge in [0.1, 0.15) is 10.3 Å². The number of amides is 1. The third-order valence-electron chi connectivity index (χ3n) is 6.12. The second-order valence-electron chi connectivity index (χ2n) is 9.01. The molecule has 2 aliphatic rings. The molecule has 5 rings (SSSR count). The van der Waals surface area contributed by atoms with Gasteiger partial charge in [-0.15, -0.1) is 0 Å². The predicted molar refractivity (Wildman–Crippen MR) is 137 cm³/mol. The number of carbonyl (C=O) groups is 2. The van der Waals surface area contributed by atoms with Crippen LogP contribution in [0.3, 0.4) is 0 Å². The first-order valence-electron chi connectivity index (χ1n) is 11.5. The van der Waals surface area contributed by atoms with E-state index in [0.29, 0.717) is 38.6 Å². The Morgan fingerprint density at radius 2 is 1.92 bits per heavy atom.